The molecule has 1 fully saturated rings. The Morgan fingerprint density at radius 2 is 1.91 bits per heavy atom. The number of halogens is 2. The van der Waals surface area contributed by atoms with Gasteiger partial charge in [0, 0.05) is 17.6 Å². The molecule has 2 aromatic rings. The summed E-state index contributed by atoms with van der Waals surface area (Å²) in [6.45, 7) is 2.15. The van der Waals surface area contributed by atoms with Crippen LogP contribution < -0.4 is 0 Å². The number of carbonyl (C=O) groups excluding carboxylic acids is 1. The van der Waals surface area contributed by atoms with Crippen molar-refractivity contribution in [2.45, 2.75) is 25.6 Å². The zero-order chi connectivity index (χ0) is 16.2. The van der Waals surface area contributed by atoms with Crippen LogP contribution in [0, 0.1) is 0 Å². The molecule has 1 aromatic carbocycles. The highest BCUT2D eigenvalue weighted by Crippen LogP contribution is 2.33. The molecule has 0 aliphatic carbocycles. The normalized spacial score (nSPS) is 15.8. The molecule has 0 radical (unpaired) electrons. The van der Waals surface area contributed by atoms with Crippen LogP contribution in [0.2, 0.25) is 0 Å². The van der Waals surface area contributed by atoms with Crippen molar-refractivity contribution in [3.63, 3.8) is 0 Å². The molecule has 0 N–H and O–H groups in total. The van der Waals surface area contributed by atoms with Gasteiger partial charge in [-0.15, -0.1) is 11.3 Å². The summed E-state index contributed by atoms with van der Waals surface area (Å²) in [6.07, 6.45) is 2.03. The minimum absolute atomic E-state index is 0.114. The van der Waals surface area contributed by atoms with Crippen molar-refractivity contribution in [1.82, 2.24) is 4.90 Å². The highest BCUT2D eigenvalue weighted by atomic mass is 79.9. The Kier molecular flexibility index (Phi) is 5.91. The van der Waals surface area contributed by atoms with E-state index in [1.165, 1.54) is 16.9 Å². The predicted molar refractivity (Wildman–Crippen MR) is 99.9 cm³/mol. The Hall–Kier alpha value is -0.690. The minimum atomic E-state index is 0.114. The first-order valence-corrected chi connectivity index (χ1v) is 9.93. The molecule has 1 aliphatic rings. The fourth-order valence-corrected chi connectivity index (χ4v) is 4.63. The van der Waals surface area contributed by atoms with E-state index in [9.17, 15) is 4.79 Å². The van der Waals surface area contributed by atoms with Crippen LogP contribution in [-0.4, -0.2) is 30.0 Å². The fourth-order valence-electron chi connectivity index (χ4n) is 2.62. The van der Waals surface area contributed by atoms with Crippen LogP contribution in [0.25, 0.3) is 0 Å². The quantitative estimate of drug-likeness (QED) is 0.638. The van der Waals surface area contributed by atoms with Crippen LogP contribution in [-0.2, 0) is 11.3 Å². The Labute approximate surface area is 156 Å². The molecule has 0 unspecified atom stereocenters. The first-order valence-electron chi connectivity index (χ1n) is 7.53. The van der Waals surface area contributed by atoms with Crippen LogP contribution in [0.3, 0.4) is 0 Å². The second-order valence-corrected chi connectivity index (χ2v) is 8.74. The summed E-state index contributed by atoms with van der Waals surface area (Å²) in [4.78, 5) is 15.2. The van der Waals surface area contributed by atoms with Gasteiger partial charge >= 0.3 is 0 Å². The van der Waals surface area contributed by atoms with Crippen LogP contribution >= 0.6 is 43.2 Å². The molecule has 6 heteroatoms. The monoisotopic (exact) mass is 457 g/mol. The molecule has 122 valence electrons. The topological polar surface area (TPSA) is 29.5 Å². The average molecular weight is 459 g/mol. The van der Waals surface area contributed by atoms with Crippen molar-refractivity contribution in [2.75, 3.05) is 13.1 Å². The van der Waals surface area contributed by atoms with E-state index in [1.807, 2.05) is 29.2 Å². The predicted octanol–water partition coefficient (Wildman–Crippen LogP) is 5.09. The van der Waals surface area contributed by atoms with E-state index >= 15 is 0 Å². The second kappa shape index (κ2) is 7.92. The zero-order valence-corrected chi connectivity index (χ0v) is 16.5. The van der Waals surface area contributed by atoms with Gasteiger partial charge in [-0.05, 0) is 56.3 Å². The number of piperidine rings is 1. The molecule has 3 rings (SSSR count). The Balaban J connectivity index is 1.49. The maximum Gasteiger partial charge on any atom is 0.264 e. The van der Waals surface area contributed by atoms with Gasteiger partial charge in [0.2, 0.25) is 0 Å². The average Bonchev–Trinajstić information content (AvgIpc) is 2.93. The van der Waals surface area contributed by atoms with Crippen LogP contribution in [0.5, 0.6) is 0 Å². The number of likely N-dealkylation sites (tertiary alicyclic amines) is 1. The second-order valence-electron chi connectivity index (χ2n) is 5.52. The van der Waals surface area contributed by atoms with Crippen molar-refractivity contribution < 1.29 is 9.53 Å². The van der Waals surface area contributed by atoms with Crippen LogP contribution in [0.4, 0.5) is 0 Å². The van der Waals surface area contributed by atoms with Crippen molar-refractivity contribution in [1.29, 1.82) is 0 Å². The molecule has 0 saturated carbocycles. The molecule has 0 atom stereocenters. The summed E-state index contributed by atoms with van der Waals surface area (Å²) in [7, 11) is 0. The van der Waals surface area contributed by atoms with Gasteiger partial charge in [0.05, 0.1) is 21.4 Å². The number of nitrogens with zero attached hydrogens (tertiary/aromatic N) is 1. The molecule has 1 amide bonds. The van der Waals surface area contributed by atoms with E-state index in [4.69, 9.17) is 4.74 Å². The lowest BCUT2D eigenvalue weighted by molar-refractivity contribution is -0.000270. The number of thiophene rings is 1. The summed E-state index contributed by atoms with van der Waals surface area (Å²) < 4.78 is 7.87. The van der Waals surface area contributed by atoms with Gasteiger partial charge in [-0.2, -0.15) is 0 Å². The van der Waals surface area contributed by atoms with E-state index in [1.54, 1.807) is 0 Å². The van der Waals surface area contributed by atoms with E-state index in [2.05, 4.69) is 44.0 Å². The summed E-state index contributed by atoms with van der Waals surface area (Å²) in [5, 5.41) is 0. The van der Waals surface area contributed by atoms with E-state index in [0.29, 0.717) is 6.61 Å². The molecule has 0 bridgehead atoms. The number of carbonyl (C=O) groups is 1. The van der Waals surface area contributed by atoms with E-state index in [0.717, 1.165) is 39.1 Å². The largest absolute Gasteiger partial charge is 0.373 e. The standard InChI is InChI=1S/C17H17Br2NO2S/c18-14-10-15(23-16(14)19)17(21)20-8-6-13(7-9-20)22-11-12-4-2-1-3-5-12/h1-5,10,13H,6-9,11H2. The SMILES string of the molecule is O=C(c1cc(Br)c(Br)s1)N1CCC(OCc2ccccc2)CC1. The highest BCUT2D eigenvalue weighted by molar-refractivity contribution is 9.13. The molecule has 2 heterocycles. The molecule has 1 aliphatic heterocycles. The number of ether oxygens (including phenoxy) is 1. The molecular weight excluding hydrogens is 442 g/mol. The third-order valence-corrected chi connectivity index (χ3v) is 7.16. The molecule has 0 spiro atoms. The van der Waals surface area contributed by atoms with Crippen molar-refractivity contribution in [3.05, 3.63) is 55.1 Å². The van der Waals surface area contributed by atoms with Gasteiger partial charge in [0.1, 0.15) is 0 Å². The maximum atomic E-state index is 12.5. The molecule has 1 aromatic heterocycles. The number of hydrogen-bond donors (Lipinski definition) is 0. The Bertz CT molecular complexity index is 647. The lowest BCUT2D eigenvalue weighted by atomic mass is 10.1. The first-order chi connectivity index (χ1) is 11.1. The molecule has 23 heavy (non-hydrogen) atoms. The minimum Gasteiger partial charge on any atom is -0.373 e. The van der Waals surface area contributed by atoms with E-state index < -0.39 is 0 Å². The number of benzene rings is 1. The van der Waals surface area contributed by atoms with Gasteiger partial charge in [-0.1, -0.05) is 30.3 Å². The maximum absolute atomic E-state index is 12.5. The summed E-state index contributed by atoms with van der Waals surface area (Å²) in [5.41, 5.74) is 1.19. The molecular formula is C17H17Br2NO2S. The lowest BCUT2D eigenvalue weighted by Gasteiger charge is -2.31. The van der Waals surface area contributed by atoms with Gasteiger partial charge < -0.3 is 9.64 Å². The third kappa shape index (κ3) is 4.44. The molecule has 3 nitrogen and oxygen atoms in total. The Morgan fingerprint density at radius 3 is 2.52 bits per heavy atom. The number of amides is 1. The highest BCUT2D eigenvalue weighted by Gasteiger charge is 2.25. The summed E-state index contributed by atoms with van der Waals surface area (Å²) in [6, 6.07) is 12.1. The zero-order valence-electron chi connectivity index (χ0n) is 12.5. The number of hydrogen-bond acceptors (Lipinski definition) is 3. The first kappa shape index (κ1) is 17.1. The van der Waals surface area contributed by atoms with Gasteiger partial charge in [-0.3, -0.25) is 4.79 Å². The molecule has 1 saturated heterocycles. The van der Waals surface area contributed by atoms with E-state index in [-0.39, 0.29) is 12.0 Å². The lowest BCUT2D eigenvalue weighted by Crippen LogP contribution is -2.40. The fraction of sp³-hybridized carbons (Fsp3) is 0.353. The smallest absolute Gasteiger partial charge is 0.264 e. The summed E-state index contributed by atoms with van der Waals surface area (Å²) >= 11 is 8.35. The third-order valence-electron chi connectivity index (χ3n) is 3.91. The number of rotatable bonds is 4. The van der Waals surface area contributed by atoms with Gasteiger partial charge in [0.15, 0.2) is 0 Å². The van der Waals surface area contributed by atoms with Crippen molar-refractivity contribution in [2.24, 2.45) is 0 Å². The van der Waals surface area contributed by atoms with Crippen molar-refractivity contribution >= 4 is 49.1 Å². The van der Waals surface area contributed by atoms with Gasteiger partial charge in [-0.25, -0.2) is 0 Å². The van der Waals surface area contributed by atoms with Crippen molar-refractivity contribution in [3.8, 4) is 0 Å². The van der Waals surface area contributed by atoms with Crippen LogP contribution in [0.15, 0.2) is 44.7 Å². The summed E-state index contributed by atoms with van der Waals surface area (Å²) in [5.74, 6) is 0.114. The Morgan fingerprint density at radius 1 is 1.22 bits per heavy atom. The van der Waals surface area contributed by atoms with Gasteiger partial charge in [0.25, 0.3) is 5.91 Å². The van der Waals surface area contributed by atoms with Crippen LogP contribution in [0.1, 0.15) is 28.1 Å².